The monoisotopic (exact) mass is 289 g/mol. The largest absolute Gasteiger partial charge is 0.280 e. The van der Waals surface area contributed by atoms with Gasteiger partial charge in [-0.25, -0.2) is 8.42 Å². The van der Waals surface area contributed by atoms with E-state index in [0.29, 0.717) is 10.6 Å². The van der Waals surface area contributed by atoms with Gasteiger partial charge in [-0.05, 0) is 62.1 Å². The number of hydrogen-bond donors (Lipinski definition) is 1. The van der Waals surface area contributed by atoms with Crippen LogP contribution in [-0.4, -0.2) is 8.42 Å². The topological polar surface area (TPSA) is 46.2 Å². The van der Waals surface area contributed by atoms with E-state index in [4.69, 9.17) is 0 Å². The first-order valence-electron chi connectivity index (χ1n) is 6.48. The predicted octanol–water partition coefficient (Wildman–Crippen LogP) is 3.72. The summed E-state index contributed by atoms with van der Waals surface area (Å²) in [6.45, 7) is 7.56. The van der Waals surface area contributed by atoms with E-state index in [0.717, 1.165) is 22.3 Å². The molecule has 0 amide bonds. The molecular formula is C16H19NO2S. The van der Waals surface area contributed by atoms with E-state index in [1.165, 1.54) is 0 Å². The molecule has 2 aromatic rings. The van der Waals surface area contributed by atoms with E-state index in [1.54, 1.807) is 24.3 Å². The molecule has 0 saturated heterocycles. The van der Waals surface area contributed by atoms with Crippen LogP contribution in [0.1, 0.15) is 22.3 Å². The highest BCUT2D eigenvalue weighted by Gasteiger charge is 2.21. The Bertz CT molecular complexity index is 709. The number of benzene rings is 2. The number of aryl methyl sites for hydroxylation is 2. The Balaban J connectivity index is 2.56. The second-order valence-electron chi connectivity index (χ2n) is 5.06. The third-order valence-corrected chi connectivity index (χ3v) is 5.25. The summed E-state index contributed by atoms with van der Waals surface area (Å²) < 4.78 is 27.9. The highest BCUT2D eigenvalue weighted by Crippen LogP contribution is 2.27. The number of sulfonamides is 1. The third kappa shape index (κ3) is 2.70. The molecule has 1 N–H and O–H groups in total. The molecule has 0 fully saturated rings. The van der Waals surface area contributed by atoms with E-state index in [2.05, 4.69) is 4.72 Å². The summed E-state index contributed by atoms with van der Waals surface area (Å²) in [6.07, 6.45) is 0. The van der Waals surface area contributed by atoms with Crippen molar-refractivity contribution in [1.29, 1.82) is 0 Å². The zero-order chi connectivity index (χ0) is 14.9. The van der Waals surface area contributed by atoms with Crippen LogP contribution in [0, 0.1) is 27.7 Å². The lowest BCUT2D eigenvalue weighted by Crippen LogP contribution is -2.16. The molecule has 106 valence electrons. The molecule has 0 radical (unpaired) electrons. The normalized spacial score (nSPS) is 11.4. The maximum Gasteiger partial charge on any atom is 0.262 e. The van der Waals surface area contributed by atoms with Crippen molar-refractivity contribution in [2.24, 2.45) is 0 Å². The minimum atomic E-state index is -3.57. The Morgan fingerprint density at radius 3 is 1.85 bits per heavy atom. The third-order valence-electron chi connectivity index (χ3n) is 3.59. The van der Waals surface area contributed by atoms with E-state index in [1.807, 2.05) is 39.8 Å². The fraction of sp³-hybridized carbons (Fsp3) is 0.250. The first-order chi connectivity index (χ1) is 9.33. The fourth-order valence-corrected chi connectivity index (χ4v) is 3.97. The number of rotatable bonds is 3. The van der Waals surface area contributed by atoms with Crippen LogP contribution in [0.2, 0.25) is 0 Å². The standard InChI is InChI=1S/C16H19NO2S/c1-11-10-12(2)14(4)16(13(11)3)20(18,19)17-15-8-6-5-7-9-15/h5-10,17H,1-4H3. The van der Waals surface area contributed by atoms with E-state index in [9.17, 15) is 8.42 Å². The molecule has 0 aliphatic heterocycles. The summed E-state index contributed by atoms with van der Waals surface area (Å²) in [5.41, 5.74) is 4.15. The van der Waals surface area contributed by atoms with Crippen molar-refractivity contribution in [2.45, 2.75) is 32.6 Å². The quantitative estimate of drug-likeness (QED) is 0.936. The van der Waals surface area contributed by atoms with Gasteiger partial charge in [-0.15, -0.1) is 0 Å². The summed E-state index contributed by atoms with van der Waals surface area (Å²) in [7, 11) is -3.57. The van der Waals surface area contributed by atoms with Crippen LogP contribution >= 0.6 is 0 Å². The molecule has 3 nitrogen and oxygen atoms in total. The summed E-state index contributed by atoms with van der Waals surface area (Å²) in [5, 5.41) is 0. The second kappa shape index (κ2) is 5.29. The highest BCUT2D eigenvalue weighted by atomic mass is 32.2. The molecule has 0 heterocycles. The summed E-state index contributed by atoms with van der Waals surface area (Å²) >= 11 is 0. The Hall–Kier alpha value is -1.81. The SMILES string of the molecule is Cc1cc(C)c(C)c(S(=O)(=O)Nc2ccccc2)c1C. The molecule has 2 rings (SSSR count). The number of anilines is 1. The lowest BCUT2D eigenvalue weighted by atomic mass is 10.0. The predicted molar refractivity (Wildman–Crippen MR) is 82.6 cm³/mol. The average molecular weight is 289 g/mol. The van der Waals surface area contributed by atoms with E-state index < -0.39 is 10.0 Å². The molecule has 20 heavy (non-hydrogen) atoms. The highest BCUT2D eigenvalue weighted by molar-refractivity contribution is 7.92. The van der Waals surface area contributed by atoms with Gasteiger partial charge in [0.15, 0.2) is 0 Å². The van der Waals surface area contributed by atoms with Crippen LogP contribution in [0.15, 0.2) is 41.3 Å². The van der Waals surface area contributed by atoms with Crippen molar-refractivity contribution in [3.63, 3.8) is 0 Å². The number of hydrogen-bond acceptors (Lipinski definition) is 2. The molecule has 0 atom stereocenters. The van der Waals surface area contributed by atoms with Gasteiger partial charge in [-0.1, -0.05) is 24.3 Å². The summed E-state index contributed by atoms with van der Waals surface area (Å²) in [5.74, 6) is 0. The molecule has 0 aromatic heterocycles. The van der Waals surface area contributed by atoms with Crippen LogP contribution in [-0.2, 0) is 10.0 Å². The first kappa shape index (κ1) is 14.6. The molecule has 2 aromatic carbocycles. The molecular weight excluding hydrogens is 270 g/mol. The molecule has 0 spiro atoms. The van der Waals surface area contributed by atoms with Gasteiger partial charge in [0, 0.05) is 5.69 Å². The zero-order valence-electron chi connectivity index (χ0n) is 12.2. The molecule has 4 heteroatoms. The van der Waals surface area contributed by atoms with Gasteiger partial charge in [-0.3, -0.25) is 4.72 Å². The Morgan fingerprint density at radius 1 is 0.850 bits per heavy atom. The maximum atomic E-state index is 12.6. The number of para-hydroxylation sites is 1. The minimum absolute atomic E-state index is 0.388. The molecule has 0 aliphatic rings. The van der Waals surface area contributed by atoms with Crippen LogP contribution in [0.25, 0.3) is 0 Å². The molecule has 0 saturated carbocycles. The van der Waals surface area contributed by atoms with Gasteiger partial charge < -0.3 is 0 Å². The van der Waals surface area contributed by atoms with Crippen molar-refractivity contribution < 1.29 is 8.42 Å². The average Bonchev–Trinajstić information content (AvgIpc) is 2.37. The summed E-state index contributed by atoms with van der Waals surface area (Å²) in [6, 6.07) is 11.0. The van der Waals surface area contributed by atoms with Gasteiger partial charge in [0.05, 0.1) is 4.90 Å². The van der Waals surface area contributed by atoms with Gasteiger partial charge in [0.25, 0.3) is 10.0 Å². The van der Waals surface area contributed by atoms with E-state index >= 15 is 0 Å². The van der Waals surface area contributed by atoms with Crippen LogP contribution < -0.4 is 4.72 Å². The van der Waals surface area contributed by atoms with Gasteiger partial charge in [0.1, 0.15) is 0 Å². The van der Waals surface area contributed by atoms with Crippen molar-refractivity contribution in [3.8, 4) is 0 Å². The van der Waals surface area contributed by atoms with Gasteiger partial charge in [0.2, 0.25) is 0 Å². The summed E-state index contributed by atoms with van der Waals surface area (Å²) in [4.78, 5) is 0.388. The Labute approximate surface area is 120 Å². The second-order valence-corrected chi connectivity index (χ2v) is 6.68. The molecule has 0 unspecified atom stereocenters. The van der Waals surface area contributed by atoms with Crippen molar-refractivity contribution in [1.82, 2.24) is 0 Å². The van der Waals surface area contributed by atoms with Crippen LogP contribution in [0.3, 0.4) is 0 Å². The van der Waals surface area contributed by atoms with Crippen LogP contribution in [0.5, 0.6) is 0 Å². The van der Waals surface area contributed by atoms with Crippen molar-refractivity contribution in [2.75, 3.05) is 4.72 Å². The van der Waals surface area contributed by atoms with Gasteiger partial charge >= 0.3 is 0 Å². The smallest absolute Gasteiger partial charge is 0.262 e. The number of nitrogens with one attached hydrogen (secondary N) is 1. The molecule has 0 aliphatic carbocycles. The van der Waals surface area contributed by atoms with E-state index in [-0.39, 0.29) is 0 Å². The van der Waals surface area contributed by atoms with Crippen LogP contribution in [0.4, 0.5) is 5.69 Å². The maximum absolute atomic E-state index is 12.6. The van der Waals surface area contributed by atoms with Gasteiger partial charge in [-0.2, -0.15) is 0 Å². The zero-order valence-corrected chi connectivity index (χ0v) is 13.0. The fourth-order valence-electron chi connectivity index (χ4n) is 2.30. The lowest BCUT2D eigenvalue weighted by molar-refractivity contribution is 0.599. The minimum Gasteiger partial charge on any atom is -0.280 e. The van der Waals surface area contributed by atoms with Crippen molar-refractivity contribution in [3.05, 3.63) is 58.7 Å². The lowest BCUT2D eigenvalue weighted by Gasteiger charge is -2.16. The first-order valence-corrected chi connectivity index (χ1v) is 7.96. The molecule has 0 bridgehead atoms. The Morgan fingerprint density at radius 2 is 1.35 bits per heavy atom. The Kier molecular flexibility index (Phi) is 3.86. The van der Waals surface area contributed by atoms with Crippen molar-refractivity contribution >= 4 is 15.7 Å².